The third-order valence-corrected chi connectivity index (χ3v) is 3.82. The molecule has 0 saturated heterocycles. The summed E-state index contributed by atoms with van der Waals surface area (Å²) in [6, 6.07) is 2.04. The summed E-state index contributed by atoms with van der Waals surface area (Å²) < 4.78 is 2.73. The molecule has 0 atom stereocenters. The molecule has 16 heavy (non-hydrogen) atoms. The Labute approximate surface area is 97.5 Å². The van der Waals surface area contributed by atoms with Gasteiger partial charge in [-0.25, -0.2) is 0 Å². The molecule has 0 aliphatic carbocycles. The molecule has 0 spiro atoms. The highest BCUT2D eigenvalue weighted by Crippen LogP contribution is 2.34. The first-order valence-electron chi connectivity index (χ1n) is 5.01. The van der Waals surface area contributed by atoms with Crippen molar-refractivity contribution >= 4 is 27.5 Å². The first-order valence-corrected chi connectivity index (χ1v) is 5.82. The van der Waals surface area contributed by atoms with Crippen LogP contribution in [0.3, 0.4) is 0 Å². The molecule has 0 unspecified atom stereocenters. The Hall–Kier alpha value is -1.36. The van der Waals surface area contributed by atoms with Crippen LogP contribution in [0.5, 0.6) is 0 Å². The number of thiophene rings is 1. The Kier molecular flexibility index (Phi) is 2.31. The summed E-state index contributed by atoms with van der Waals surface area (Å²) in [4.78, 5) is 12.4. The predicted octanol–water partition coefficient (Wildman–Crippen LogP) is 2.31. The number of aromatic nitrogens is 2. The molecule has 4 nitrogen and oxygen atoms in total. The molecule has 2 heterocycles. The minimum absolute atomic E-state index is 0.649. The van der Waals surface area contributed by atoms with Crippen LogP contribution >= 0.6 is 11.3 Å². The number of nitrogens with zero attached hydrogens (tertiary/aromatic N) is 2. The van der Waals surface area contributed by atoms with Gasteiger partial charge in [-0.1, -0.05) is 0 Å². The second kappa shape index (κ2) is 3.31. The topological polar surface area (TPSA) is 55.1 Å². The maximum Gasteiger partial charge on any atom is 0.315 e. The van der Waals surface area contributed by atoms with E-state index in [0.29, 0.717) is 5.69 Å². The van der Waals surface area contributed by atoms with Crippen molar-refractivity contribution in [2.24, 2.45) is 7.05 Å². The lowest BCUT2D eigenvalue weighted by molar-refractivity contribution is -0.142. The van der Waals surface area contributed by atoms with Gasteiger partial charge >= 0.3 is 5.97 Å². The third-order valence-electron chi connectivity index (χ3n) is 2.78. The summed E-state index contributed by atoms with van der Waals surface area (Å²) in [5.41, 5.74) is 0.707. The van der Waals surface area contributed by atoms with Gasteiger partial charge in [0.05, 0.1) is 15.9 Å². The van der Waals surface area contributed by atoms with Gasteiger partial charge in [0.1, 0.15) is 5.41 Å². The summed E-state index contributed by atoms with van der Waals surface area (Å²) in [5.74, 6) is -0.849. The minimum Gasteiger partial charge on any atom is -0.481 e. The van der Waals surface area contributed by atoms with Crippen molar-refractivity contribution in [1.29, 1.82) is 0 Å². The van der Waals surface area contributed by atoms with Crippen LogP contribution in [-0.2, 0) is 17.3 Å². The highest BCUT2D eigenvalue weighted by molar-refractivity contribution is 7.19. The molecule has 0 aromatic carbocycles. The van der Waals surface area contributed by atoms with Crippen molar-refractivity contribution in [3.63, 3.8) is 0 Å². The normalized spacial score (nSPS) is 12.2. The summed E-state index contributed by atoms with van der Waals surface area (Å²) in [5, 5.41) is 13.6. The Morgan fingerprint density at radius 3 is 2.75 bits per heavy atom. The van der Waals surface area contributed by atoms with Crippen molar-refractivity contribution in [2.75, 3.05) is 0 Å². The van der Waals surface area contributed by atoms with E-state index in [-0.39, 0.29) is 0 Å². The number of aliphatic carboxylic acids is 1. The van der Waals surface area contributed by atoms with E-state index in [1.54, 1.807) is 29.9 Å². The lowest BCUT2D eigenvalue weighted by Crippen LogP contribution is -2.29. The van der Waals surface area contributed by atoms with Crippen LogP contribution in [0, 0.1) is 6.92 Å². The number of hydrogen-bond acceptors (Lipinski definition) is 3. The average Bonchev–Trinajstić information content (AvgIpc) is 2.66. The monoisotopic (exact) mass is 238 g/mol. The number of rotatable bonds is 2. The van der Waals surface area contributed by atoms with E-state index in [4.69, 9.17) is 0 Å². The molecule has 0 radical (unpaired) electrons. The van der Waals surface area contributed by atoms with Gasteiger partial charge in [-0.3, -0.25) is 9.48 Å². The van der Waals surface area contributed by atoms with Gasteiger partial charge in [0.15, 0.2) is 0 Å². The van der Waals surface area contributed by atoms with E-state index in [1.165, 1.54) is 4.88 Å². The molecule has 2 aromatic heterocycles. The molecule has 5 heteroatoms. The smallest absolute Gasteiger partial charge is 0.315 e. The molecular formula is C11H14N2O2S. The van der Waals surface area contributed by atoms with Crippen molar-refractivity contribution in [2.45, 2.75) is 26.2 Å². The zero-order valence-electron chi connectivity index (χ0n) is 9.74. The second-order valence-electron chi connectivity index (χ2n) is 4.47. The van der Waals surface area contributed by atoms with Gasteiger partial charge < -0.3 is 5.11 Å². The Bertz CT molecular complexity index is 566. The van der Waals surface area contributed by atoms with Crippen LogP contribution in [0.1, 0.15) is 24.4 Å². The number of carboxylic acid groups (broad SMARTS) is 1. The minimum atomic E-state index is -0.948. The maximum absolute atomic E-state index is 11.2. The van der Waals surface area contributed by atoms with Crippen molar-refractivity contribution in [3.05, 3.63) is 16.6 Å². The lowest BCUT2D eigenvalue weighted by atomic mass is 9.89. The summed E-state index contributed by atoms with van der Waals surface area (Å²) in [6.07, 6.45) is 0. The van der Waals surface area contributed by atoms with Gasteiger partial charge in [-0.05, 0) is 26.8 Å². The van der Waals surface area contributed by atoms with E-state index < -0.39 is 11.4 Å². The standard InChI is InChI=1S/C11H14N2O2S/c1-6-5-7-8(16-6)9(12-13(7)4)11(2,3)10(14)15/h5H,1-4H3,(H,14,15). The maximum atomic E-state index is 11.2. The molecule has 0 amide bonds. The summed E-state index contributed by atoms with van der Waals surface area (Å²) in [6.45, 7) is 5.39. The van der Waals surface area contributed by atoms with E-state index in [9.17, 15) is 9.90 Å². The number of hydrogen-bond donors (Lipinski definition) is 1. The Balaban J connectivity index is 2.74. The van der Waals surface area contributed by atoms with Crippen LogP contribution in [-0.4, -0.2) is 20.9 Å². The van der Waals surface area contributed by atoms with Crippen LogP contribution in [0.25, 0.3) is 10.2 Å². The number of aryl methyl sites for hydroxylation is 2. The number of carboxylic acids is 1. The van der Waals surface area contributed by atoms with E-state index in [0.717, 1.165) is 10.2 Å². The molecule has 0 saturated carbocycles. The largest absolute Gasteiger partial charge is 0.481 e. The lowest BCUT2D eigenvalue weighted by Gasteiger charge is -2.15. The summed E-state index contributed by atoms with van der Waals surface area (Å²) in [7, 11) is 1.84. The van der Waals surface area contributed by atoms with E-state index in [1.807, 2.05) is 20.0 Å². The Morgan fingerprint density at radius 2 is 2.19 bits per heavy atom. The molecule has 1 N–H and O–H groups in total. The number of carbonyl (C=O) groups is 1. The summed E-state index contributed by atoms with van der Waals surface area (Å²) >= 11 is 1.60. The van der Waals surface area contributed by atoms with Crippen LogP contribution < -0.4 is 0 Å². The zero-order chi connectivity index (χ0) is 12.1. The molecular weight excluding hydrogens is 224 g/mol. The average molecular weight is 238 g/mol. The van der Waals surface area contributed by atoms with Crippen molar-refractivity contribution in [1.82, 2.24) is 9.78 Å². The molecule has 0 aliphatic rings. The molecule has 0 bridgehead atoms. The Morgan fingerprint density at radius 1 is 1.56 bits per heavy atom. The number of fused-ring (bicyclic) bond motifs is 1. The SMILES string of the molecule is Cc1cc2c(s1)c(C(C)(C)C(=O)O)nn2C. The highest BCUT2D eigenvalue weighted by Gasteiger charge is 2.35. The fourth-order valence-electron chi connectivity index (χ4n) is 1.67. The fourth-order valence-corrected chi connectivity index (χ4v) is 2.85. The molecule has 2 rings (SSSR count). The van der Waals surface area contributed by atoms with Crippen LogP contribution in [0.2, 0.25) is 0 Å². The third kappa shape index (κ3) is 1.43. The first-order chi connectivity index (χ1) is 7.34. The molecule has 0 aliphatic heterocycles. The predicted molar refractivity (Wildman–Crippen MR) is 64.0 cm³/mol. The fraction of sp³-hybridized carbons (Fsp3) is 0.455. The van der Waals surface area contributed by atoms with Gasteiger partial charge in [-0.2, -0.15) is 5.10 Å². The van der Waals surface area contributed by atoms with Gasteiger partial charge in [0, 0.05) is 11.9 Å². The van der Waals surface area contributed by atoms with Gasteiger partial charge in [-0.15, -0.1) is 11.3 Å². The van der Waals surface area contributed by atoms with Gasteiger partial charge in [0.2, 0.25) is 0 Å². The van der Waals surface area contributed by atoms with E-state index >= 15 is 0 Å². The zero-order valence-corrected chi connectivity index (χ0v) is 10.6. The van der Waals surface area contributed by atoms with Crippen LogP contribution in [0.15, 0.2) is 6.07 Å². The van der Waals surface area contributed by atoms with Gasteiger partial charge in [0.25, 0.3) is 0 Å². The molecule has 86 valence electrons. The van der Waals surface area contributed by atoms with E-state index in [2.05, 4.69) is 5.10 Å². The van der Waals surface area contributed by atoms with Crippen molar-refractivity contribution in [3.8, 4) is 0 Å². The quantitative estimate of drug-likeness (QED) is 0.873. The van der Waals surface area contributed by atoms with Crippen molar-refractivity contribution < 1.29 is 9.90 Å². The molecule has 0 fully saturated rings. The molecule has 2 aromatic rings. The van der Waals surface area contributed by atoms with Crippen LogP contribution in [0.4, 0.5) is 0 Å². The second-order valence-corrected chi connectivity index (χ2v) is 5.73. The highest BCUT2D eigenvalue weighted by atomic mass is 32.1. The first kappa shape index (κ1) is 11.1.